The Morgan fingerprint density at radius 3 is 2.76 bits per heavy atom. The molecule has 0 aliphatic heterocycles. The summed E-state index contributed by atoms with van der Waals surface area (Å²) in [6, 6.07) is 6.01. The molecule has 3 aromatic rings. The molecule has 3 rings (SSSR count). The van der Waals surface area contributed by atoms with Crippen LogP contribution in [-0.2, 0) is 4.79 Å². The van der Waals surface area contributed by atoms with E-state index in [-0.39, 0.29) is 5.91 Å². The Labute approximate surface area is 122 Å². The number of hydrogen-bond acceptors (Lipinski definition) is 3. The Balaban J connectivity index is 2.06. The summed E-state index contributed by atoms with van der Waals surface area (Å²) in [5, 5.41) is 2.69. The summed E-state index contributed by atoms with van der Waals surface area (Å²) in [4.78, 5) is 19.8. The fourth-order valence-corrected chi connectivity index (χ4v) is 2.39. The summed E-state index contributed by atoms with van der Waals surface area (Å²) in [5.41, 5.74) is 5.15. The minimum Gasteiger partial charge on any atom is -0.310 e. The largest absolute Gasteiger partial charge is 0.310 e. The van der Waals surface area contributed by atoms with Crippen molar-refractivity contribution in [1.82, 2.24) is 14.4 Å². The quantitative estimate of drug-likeness (QED) is 0.785. The number of carbonyl (C=O) groups excluding carboxylic acids is 1. The van der Waals surface area contributed by atoms with E-state index in [1.54, 1.807) is 6.20 Å². The highest BCUT2D eigenvalue weighted by Gasteiger charge is 2.07. The van der Waals surface area contributed by atoms with Crippen molar-refractivity contribution in [3.8, 4) is 11.1 Å². The molecule has 0 saturated heterocycles. The van der Waals surface area contributed by atoms with Gasteiger partial charge in [0.1, 0.15) is 5.65 Å². The van der Waals surface area contributed by atoms with Gasteiger partial charge in [0.15, 0.2) is 5.82 Å². The normalized spacial score (nSPS) is 10.8. The average Bonchev–Trinajstić information content (AvgIpc) is 2.78. The maximum absolute atomic E-state index is 11.1. The molecule has 0 saturated carbocycles. The standard InChI is InChI=1S/C16H16N4O/c1-10-6-11(2)17-7-14(10)13-4-5-16-19-15(18-12(3)21)9-20(16)8-13/h4-9H,1-3H3,(H,18,21). The molecule has 0 spiro atoms. The van der Waals surface area contributed by atoms with Gasteiger partial charge in [0, 0.05) is 36.1 Å². The van der Waals surface area contributed by atoms with Crippen LogP contribution in [0.25, 0.3) is 16.8 Å². The highest BCUT2D eigenvalue weighted by atomic mass is 16.1. The molecule has 21 heavy (non-hydrogen) atoms. The van der Waals surface area contributed by atoms with E-state index in [4.69, 9.17) is 0 Å². The van der Waals surface area contributed by atoms with Gasteiger partial charge in [0.05, 0.1) is 6.20 Å². The second kappa shape index (κ2) is 5.01. The van der Waals surface area contributed by atoms with E-state index >= 15 is 0 Å². The predicted molar refractivity (Wildman–Crippen MR) is 82.2 cm³/mol. The summed E-state index contributed by atoms with van der Waals surface area (Å²) in [6.07, 6.45) is 5.68. The lowest BCUT2D eigenvalue weighted by Crippen LogP contribution is -2.05. The van der Waals surface area contributed by atoms with E-state index in [1.165, 1.54) is 12.5 Å². The lowest BCUT2D eigenvalue weighted by Gasteiger charge is -2.06. The fraction of sp³-hybridized carbons (Fsp3) is 0.188. The molecule has 0 aromatic carbocycles. The monoisotopic (exact) mass is 280 g/mol. The number of fused-ring (bicyclic) bond motifs is 1. The lowest BCUT2D eigenvalue weighted by atomic mass is 10.0. The van der Waals surface area contributed by atoms with Crippen molar-refractivity contribution in [2.24, 2.45) is 0 Å². The number of nitrogens with zero attached hydrogens (tertiary/aromatic N) is 3. The van der Waals surface area contributed by atoms with Crippen molar-refractivity contribution < 1.29 is 4.79 Å². The Morgan fingerprint density at radius 1 is 1.24 bits per heavy atom. The molecule has 5 heteroatoms. The molecule has 0 aliphatic rings. The summed E-state index contributed by atoms with van der Waals surface area (Å²) >= 11 is 0. The predicted octanol–water partition coefficient (Wildman–Crippen LogP) is 2.97. The molecule has 1 amide bonds. The van der Waals surface area contributed by atoms with Crippen LogP contribution >= 0.6 is 0 Å². The highest BCUT2D eigenvalue weighted by molar-refractivity contribution is 5.87. The van der Waals surface area contributed by atoms with Gasteiger partial charge in [0.25, 0.3) is 0 Å². The van der Waals surface area contributed by atoms with Crippen LogP contribution in [-0.4, -0.2) is 20.3 Å². The zero-order valence-electron chi connectivity index (χ0n) is 12.2. The number of carbonyl (C=O) groups is 1. The number of hydrogen-bond donors (Lipinski definition) is 1. The third kappa shape index (κ3) is 2.63. The molecule has 5 nitrogen and oxygen atoms in total. The molecule has 0 aliphatic carbocycles. The van der Waals surface area contributed by atoms with Crippen molar-refractivity contribution in [2.75, 3.05) is 5.32 Å². The summed E-state index contributed by atoms with van der Waals surface area (Å²) in [7, 11) is 0. The van der Waals surface area contributed by atoms with Crippen LogP contribution in [0.1, 0.15) is 18.2 Å². The zero-order valence-corrected chi connectivity index (χ0v) is 12.2. The van der Waals surface area contributed by atoms with Crippen LogP contribution < -0.4 is 5.32 Å². The zero-order chi connectivity index (χ0) is 15.0. The number of imidazole rings is 1. The maximum Gasteiger partial charge on any atom is 0.222 e. The van der Waals surface area contributed by atoms with Gasteiger partial charge in [-0.2, -0.15) is 0 Å². The van der Waals surface area contributed by atoms with Crippen LogP contribution in [0, 0.1) is 13.8 Å². The Hall–Kier alpha value is -2.69. The van der Waals surface area contributed by atoms with E-state index in [1.807, 2.05) is 35.9 Å². The highest BCUT2D eigenvalue weighted by Crippen LogP contribution is 2.24. The van der Waals surface area contributed by atoms with Crippen molar-refractivity contribution in [3.05, 3.63) is 48.0 Å². The van der Waals surface area contributed by atoms with Crippen LogP contribution in [0.2, 0.25) is 0 Å². The molecule has 106 valence electrons. The molecule has 1 N–H and O–H groups in total. The third-order valence-electron chi connectivity index (χ3n) is 3.31. The summed E-state index contributed by atoms with van der Waals surface area (Å²) in [5.74, 6) is 0.426. The number of aryl methyl sites for hydroxylation is 2. The number of pyridine rings is 2. The van der Waals surface area contributed by atoms with Gasteiger partial charge >= 0.3 is 0 Å². The van der Waals surface area contributed by atoms with Gasteiger partial charge in [-0.3, -0.25) is 9.78 Å². The first-order valence-corrected chi connectivity index (χ1v) is 6.73. The Morgan fingerprint density at radius 2 is 2.05 bits per heavy atom. The molecule has 3 heterocycles. The average molecular weight is 280 g/mol. The van der Waals surface area contributed by atoms with Gasteiger partial charge in [-0.25, -0.2) is 4.98 Å². The minimum atomic E-state index is -0.128. The van der Waals surface area contributed by atoms with E-state index in [0.717, 1.165) is 22.5 Å². The Bertz CT molecular complexity index is 835. The number of amides is 1. The van der Waals surface area contributed by atoms with Gasteiger partial charge in [-0.1, -0.05) is 0 Å². The molecular formula is C16H16N4O. The van der Waals surface area contributed by atoms with Gasteiger partial charge < -0.3 is 9.72 Å². The van der Waals surface area contributed by atoms with E-state index in [9.17, 15) is 4.79 Å². The van der Waals surface area contributed by atoms with Gasteiger partial charge in [-0.05, 0) is 37.6 Å². The van der Waals surface area contributed by atoms with Crippen molar-refractivity contribution in [2.45, 2.75) is 20.8 Å². The molecule has 3 aromatic heterocycles. The van der Waals surface area contributed by atoms with Crippen LogP contribution in [0.4, 0.5) is 5.82 Å². The summed E-state index contributed by atoms with van der Waals surface area (Å²) < 4.78 is 1.90. The number of nitrogens with one attached hydrogen (secondary N) is 1. The molecular weight excluding hydrogens is 264 g/mol. The second-order valence-corrected chi connectivity index (χ2v) is 5.13. The van der Waals surface area contributed by atoms with E-state index in [2.05, 4.69) is 28.3 Å². The minimum absolute atomic E-state index is 0.128. The first-order valence-electron chi connectivity index (χ1n) is 6.73. The topological polar surface area (TPSA) is 59.3 Å². The molecule has 0 unspecified atom stereocenters. The van der Waals surface area contributed by atoms with Crippen molar-refractivity contribution in [3.63, 3.8) is 0 Å². The molecule has 0 radical (unpaired) electrons. The summed E-state index contributed by atoms with van der Waals surface area (Å²) in [6.45, 7) is 5.52. The van der Waals surface area contributed by atoms with E-state index in [0.29, 0.717) is 5.82 Å². The van der Waals surface area contributed by atoms with E-state index < -0.39 is 0 Å². The third-order valence-corrected chi connectivity index (χ3v) is 3.31. The molecule has 0 fully saturated rings. The maximum atomic E-state index is 11.1. The number of rotatable bonds is 2. The number of anilines is 1. The molecule has 0 atom stereocenters. The van der Waals surface area contributed by atoms with Crippen LogP contribution in [0.3, 0.4) is 0 Å². The van der Waals surface area contributed by atoms with Crippen molar-refractivity contribution in [1.29, 1.82) is 0 Å². The van der Waals surface area contributed by atoms with Crippen molar-refractivity contribution >= 4 is 17.4 Å². The lowest BCUT2D eigenvalue weighted by molar-refractivity contribution is -0.114. The first-order chi connectivity index (χ1) is 10.0. The van der Waals surface area contributed by atoms with Crippen LogP contribution in [0.5, 0.6) is 0 Å². The molecule has 0 bridgehead atoms. The second-order valence-electron chi connectivity index (χ2n) is 5.13. The first kappa shape index (κ1) is 13.3. The van der Waals surface area contributed by atoms with Gasteiger partial charge in [-0.15, -0.1) is 0 Å². The smallest absolute Gasteiger partial charge is 0.222 e. The fourth-order valence-electron chi connectivity index (χ4n) is 2.39. The van der Waals surface area contributed by atoms with Crippen LogP contribution in [0.15, 0.2) is 36.8 Å². The number of aromatic nitrogens is 3. The SMILES string of the molecule is CC(=O)Nc1cn2cc(-c3cnc(C)cc3C)ccc2n1. The Kier molecular flexibility index (Phi) is 3.17. The van der Waals surface area contributed by atoms with Gasteiger partial charge in [0.2, 0.25) is 5.91 Å².